The Hall–Kier alpha value is -2.06. The molecule has 0 unspecified atom stereocenters. The van der Waals surface area contributed by atoms with Crippen LogP contribution in [0.5, 0.6) is 5.75 Å². The minimum atomic E-state index is -0.745. The standard InChI is InChI=1S/C16H17BrClN3O4/c1-3-6-21-14(19)13(15(23)20(2)16(21)24)11(22)8-25-12-5-4-9(17)7-10(12)18/h4-5,7H,3,6,8,19H2,1-2H3. The Bertz CT molecular complexity index is 936. The fourth-order valence-electron chi connectivity index (χ4n) is 2.29. The molecule has 0 spiro atoms. The SMILES string of the molecule is CCCn1c(N)c(C(=O)COc2ccc(Br)cc2Cl)c(=O)n(C)c1=O. The Morgan fingerprint density at radius 1 is 1.36 bits per heavy atom. The maximum atomic E-state index is 12.5. The summed E-state index contributed by atoms with van der Waals surface area (Å²) in [6.07, 6.45) is 0.626. The summed E-state index contributed by atoms with van der Waals surface area (Å²) in [6, 6.07) is 4.93. The molecule has 1 aromatic heterocycles. The highest BCUT2D eigenvalue weighted by Gasteiger charge is 2.22. The van der Waals surface area contributed by atoms with Crippen LogP contribution in [-0.2, 0) is 13.6 Å². The molecule has 0 saturated carbocycles. The first-order valence-corrected chi connectivity index (χ1v) is 8.65. The summed E-state index contributed by atoms with van der Waals surface area (Å²) in [4.78, 5) is 36.9. The van der Waals surface area contributed by atoms with E-state index in [2.05, 4.69) is 15.9 Å². The summed E-state index contributed by atoms with van der Waals surface area (Å²) in [5.74, 6) is -0.470. The van der Waals surface area contributed by atoms with Gasteiger partial charge in [-0.15, -0.1) is 0 Å². The van der Waals surface area contributed by atoms with Crippen LogP contribution in [0.2, 0.25) is 5.02 Å². The van der Waals surface area contributed by atoms with E-state index in [9.17, 15) is 14.4 Å². The van der Waals surface area contributed by atoms with Crippen molar-refractivity contribution in [2.75, 3.05) is 12.3 Å². The Kier molecular flexibility index (Phi) is 6.07. The zero-order valence-electron chi connectivity index (χ0n) is 13.7. The van der Waals surface area contributed by atoms with Crippen molar-refractivity contribution in [3.63, 3.8) is 0 Å². The molecule has 7 nitrogen and oxygen atoms in total. The van der Waals surface area contributed by atoms with E-state index in [1.54, 1.807) is 18.2 Å². The first-order chi connectivity index (χ1) is 11.8. The van der Waals surface area contributed by atoms with Crippen molar-refractivity contribution < 1.29 is 9.53 Å². The van der Waals surface area contributed by atoms with Crippen LogP contribution in [0.1, 0.15) is 23.7 Å². The number of nitrogens with two attached hydrogens (primary N) is 1. The zero-order valence-corrected chi connectivity index (χ0v) is 16.1. The number of aromatic nitrogens is 2. The van der Waals surface area contributed by atoms with Crippen molar-refractivity contribution in [3.05, 3.63) is 54.1 Å². The molecule has 134 valence electrons. The smallest absolute Gasteiger partial charge is 0.332 e. The van der Waals surface area contributed by atoms with Crippen molar-refractivity contribution >= 4 is 39.1 Å². The molecule has 1 heterocycles. The number of nitrogen functional groups attached to an aromatic ring is 1. The lowest BCUT2D eigenvalue weighted by Crippen LogP contribution is -2.43. The normalized spacial score (nSPS) is 10.7. The first kappa shape index (κ1) is 19.3. The molecule has 2 rings (SSSR count). The Balaban J connectivity index is 2.36. The third-order valence-corrected chi connectivity index (χ3v) is 4.35. The lowest BCUT2D eigenvalue weighted by Gasteiger charge is -2.14. The molecule has 0 radical (unpaired) electrons. The first-order valence-electron chi connectivity index (χ1n) is 7.48. The van der Waals surface area contributed by atoms with Crippen molar-refractivity contribution in [1.82, 2.24) is 9.13 Å². The van der Waals surface area contributed by atoms with E-state index >= 15 is 0 Å². The predicted molar refractivity (Wildman–Crippen MR) is 99.6 cm³/mol. The summed E-state index contributed by atoms with van der Waals surface area (Å²) < 4.78 is 8.24. The molecular weight excluding hydrogens is 414 g/mol. The average molecular weight is 431 g/mol. The number of hydrogen-bond donors (Lipinski definition) is 1. The maximum Gasteiger partial charge on any atom is 0.332 e. The number of anilines is 1. The largest absolute Gasteiger partial charge is 0.484 e. The van der Waals surface area contributed by atoms with Crippen molar-refractivity contribution in [3.8, 4) is 5.75 Å². The van der Waals surface area contributed by atoms with E-state index in [1.807, 2.05) is 6.92 Å². The van der Waals surface area contributed by atoms with E-state index in [-0.39, 0.29) is 11.4 Å². The second-order valence-electron chi connectivity index (χ2n) is 5.35. The van der Waals surface area contributed by atoms with Gasteiger partial charge < -0.3 is 10.5 Å². The molecule has 0 amide bonds. The van der Waals surface area contributed by atoms with Crippen LogP contribution in [0, 0.1) is 0 Å². The van der Waals surface area contributed by atoms with Gasteiger partial charge in [-0.3, -0.25) is 18.7 Å². The van der Waals surface area contributed by atoms with Crippen LogP contribution in [0.15, 0.2) is 32.3 Å². The summed E-state index contributed by atoms with van der Waals surface area (Å²) in [5.41, 5.74) is 4.34. The van der Waals surface area contributed by atoms with Gasteiger partial charge in [0.05, 0.1) is 5.02 Å². The highest BCUT2D eigenvalue weighted by Crippen LogP contribution is 2.27. The third kappa shape index (κ3) is 3.96. The topological polar surface area (TPSA) is 96.3 Å². The van der Waals surface area contributed by atoms with Gasteiger partial charge in [-0.1, -0.05) is 34.5 Å². The number of halogens is 2. The molecule has 0 fully saturated rings. The number of rotatable bonds is 6. The monoisotopic (exact) mass is 429 g/mol. The molecule has 0 atom stereocenters. The number of Topliss-reactive ketones (excluding diaryl/α,β-unsaturated/α-hetero) is 1. The van der Waals surface area contributed by atoms with Gasteiger partial charge in [0.15, 0.2) is 6.61 Å². The molecule has 2 aromatic rings. The second kappa shape index (κ2) is 7.88. The van der Waals surface area contributed by atoms with Gasteiger partial charge >= 0.3 is 5.69 Å². The van der Waals surface area contributed by atoms with Crippen LogP contribution in [0.3, 0.4) is 0 Å². The lowest BCUT2D eigenvalue weighted by molar-refractivity contribution is 0.0919. The zero-order chi connectivity index (χ0) is 18.7. The van der Waals surface area contributed by atoms with Gasteiger partial charge in [-0.25, -0.2) is 4.79 Å². The molecule has 0 saturated heterocycles. The van der Waals surface area contributed by atoms with Gasteiger partial charge in [0.1, 0.15) is 17.1 Å². The van der Waals surface area contributed by atoms with Gasteiger partial charge in [0.25, 0.3) is 5.56 Å². The van der Waals surface area contributed by atoms with Gasteiger partial charge in [0, 0.05) is 18.1 Å². The van der Waals surface area contributed by atoms with Gasteiger partial charge in [0.2, 0.25) is 5.78 Å². The van der Waals surface area contributed by atoms with Crippen molar-refractivity contribution in [1.29, 1.82) is 0 Å². The van der Waals surface area contributed by atoms with E-state index < -0.39 is 23.6 Å². The molecule has 0 aliphatic rings. The minimum absolute atomic E-state index is 0.148. The Labute approximate surface area is 157 Å². The number of benzene rings is 1. The van der Waals surface area contributed by atoms with Crippen molar-refractivity contribution in [2.24, 2.45) is 7.05 Å². The van der Waals surface area contributed by atoms with Gasteiger partial charge in [-0.2, -0.15) is 0 Å². The van der Waals surface area contributed by atoms with E-state index in [0.29, 0.717) is 23.7 Å². The summed E-state index contributed by atoms with van der Waals surface area (Å²) in [6.45, 7) is 1.74. The fraction of sp³-hybridized carbons (Fsp3) is 0.312. The number of carbonyl (C=O) groups is 1. The fourth-order valence-corrected chi connectivity index (χ4v) is 3.02. The van der Waals surface area contributed by atoms with Gasteiger partial charge in [-0.05, 0) is 24.6 Å². The number of carbonyl (C=O) groups excluding carboxylic acids is 1. The average Bonchev–Trinajstić information content (AvgIpc) is 2.56. The quantitative estimate of drug-likeness (QED) is 0.709. The molecule has 0 bridgehead atoms. The van der Waals surface area contributed by atoms with Crippen LogP contribution in [-0.4, -0.2) is 21.5 Å². The summed E-state index contributed by atoms with van der Waals surface area (Å²) in [5, 5.41) is 0.319. The predicted octanol–water partition coefficient (Wildman–Crippen LogP) is 2.22. The summed E-state index contributed by atoms with van der Waals surface area (Å²) in [7, 11) is 1.31. The molecule has 2 N–H and O–H groups in total. The van der Waals surface area contributed by atoms with E-state index in [1.165, 1.54) is 11.6 Å². The molecule has 9 heteroatoms. The van der Waals surface area contributed by atoms with E-state index in [0.717, 1.165) is 9.04 Å². The number of ketones is 1. The molecule has 25 heavy (non-hydrogen) atoms. The number of hydrogen-bond acceptors (Lipinski definition) is 5. The lowest BCUT2D eigenvalue weighted by atomic mass is 10.2. The highest BCUT2D eigenvalue weighted by molar-refractivity contribution is 9.10. The molecule has 1 aromatic carbocycles. The van der Waals surface area contributed by atoms with E-state index in [4.69, 9.17) is 22.1 Å². The number of ether oxygens (including phenoxy) is 1. The number of nitrogens with zero attached hydrogens (tertiary/aromatic N) is 2. The maximum absolute atomic E-state index is 12.5. The van der Waals surface area contributed by atoms with Crippen LogP contribution in [0.25, 0.3) is 0 Å². The molecule has 0 aliphatic carbocycles. The minimum Gasteiger partial charge on any atom is -0.484 e. The van der Waals surface area contributed by atoms with Crippen LogP contribution < -0.4 is 21.7 Å². The second-order valence-corrected chi connectivity index (χ2v) is 6.67. The third-order valence-electron chi connectivity index (χ3n) is 3.56. The Morgan fingerprint density at radius 2 is 2.04 bits per heavy atom. The molecule has 0 aliphatic heterocycles. The Morgan fingerprint density at radius 3 is 2.64 bits per heavy atom. The summed E-state index contributed by atoms with van der Waals surface area (Å²) >= 11 is 9.30. The molecular formula is C16H17BrClN3O4. The van der Waals surface area contributed by atoms with Crippen LogP contribution in [0.4, 0.5) is 5.82 Å². The highest BCUT2D eigenvalue weighted by atomic mass is 79.9. The van der Waals surface area contributed by atoms with Crippen molar-refractivity contribution in [2.45, 2.75) is 19.9 Å². The van der Waals surface area contributed by atoms with Crippen LogP contribution >= 0.6 is 27.5 Å².